The number of hydrogen-bond donors (Lipinski definition) is 2. The second kappa shape index (κ2) is 10.6. The van der Waals surface area contributed by atoms with Gasteiger partial charge in [-0.05, 0) is 29.5 Å². The number of benzene rings is 3. The monoisotopic (exact) mass is 470 g/mol. The highest BCUT2D eigenvalue weighted by Gasteiger charge is 2.41. The molecule has 2 amide bonds. The van der Waals surface area contributed by atoms with Crippen molar-refractivity contribution in [3.63, 3.8) is 0 Å². The third kappa shape index (κ3) is 4.84. The molecular formula is C30H34N2O3. The van der Waals surface area contributed by atoms with Crippen LogP contribution >= 0.6 is 0 Å². The van der Waals surface area contributed by atoms with E-state index in [4.69, 9.17) is 4.74 Å². The van der Waals surface area contributed by atoms with Gasteiger partial charge in [-0.2, -0.15) is 0 Å². The number of aliphatic hydroxyl groups is 1. The predicted octanol–water partition coefficient (Wildman–Crippen LogP) is 5.08. The van der Waals surface area contributed by atoms with Gasteiger partial charge >= 0.3 is 6.03 Å². The minimum Gasteiger partial charge on any atom is -0.388 e. The summed E-state index contributed by atoms with van der Waals surface area (Å²) in [6, 6.07) is 30.3. The van der Waals surface area contributed by atoms with Crippen molar-refractivity contribution in [3.8, 4) is 0 Å². The topological polar surface area (TPSA) is 61.8 Å². The normalized spacial score (nSPS) is 20.0. The fourth-order valence-electron chi connectivity index (χ4n) is 5.60. The number of aliphatic hydroxyl groups excluding tert-OH is 1. The second-order valence-electron chi connectivity index (χ2n) is 9.66. The first-order chi connectivity index (χ1) is 17.2. The summed E-state index contributed by atoms with van der Waals surface area (Å²) in [6.45, 7) is 0.602. The van der Waals surface area contributed by atoms with Crippen LogP contribution in [0.5, 0.6) is 0 Å². The summed E-state index contributed by atoms with van der Waals surface area (Å²) in [4.78, 5) is 14.6. The molecule has 35 heavy (non-hydrogen) atoms. The van der Waals surface area contributed by atoms with E-state index < -0.39 is 11.7 Å². The third-order valence-electron chi connectivity index (χ3n) is 7.45. The summed E-state index contributed by atoms with van der Waals surface area (Å²) in [5, 5.41) is 14.2. The first kappa shape index (κ1) is 23.6. The van der Waals surface area contributed by atoms with E-state index in [9.17, 15) is 9.90 Å². The minimum absolute atomic E-state index is 0.0682. The van der Waals surface area contributed by atoms with Crippen LogP contribution in [0, 0.1) is 0 Å². The predicted molar refractivity (Wildman–Crippen MR) is 137 cm³/mol. The molecule has 1 aliphatic carbocycles. The van der Waals surface area contributed by atoms with Crippen LogP contribution in [-0.2, 0) is 10.3 Å². The lowest BCUT2D eigenvalue weighted by atomic mass is 9.80. The molecule has 2 atom stereocenters. The summed E-state index contributed by atoms with van der Waals surface area (Å²) in [7, 11) is 0. The Labute approximate surface area is 207 Å². The van der Waals surface area contributed by atoms with Gasteiger partial charge in [0.05, 0.1) is 18.8 Å². The highest BCUT2D eigenvalue weighted by Crippen LogP contribution is 2.40. The van der Waals surface area contributed by atoms with Crippen LogP contribution in [0.3, 0.4) is 0 Å². The number of nitrogens with zero attached hydrogens (tertiary/aromatic N) is 1. The fraction of sp³-hybridized carbons (Fsp3) is 0.367. The standard InChI is InChI=1S/C30H34N2O3/c33-28(27-21-32(29(34)31-27)26-19-11-4-12-20-26)22-35-30(23-13-5-1-6-14-23,24-15-7-2-8-16-24)25-17-9-3-10-18-25/h1-3,5-10,13-18,26-28,33H,4,11-12,19-22H2,(H,31,34)/t27-,28-/m0/s1. The fourth-order valence-corrected chi connectivity index (χ4v) is 5.60. The molecule has 3 aromatic rings. The summed E-state index contributed by atoms with van der Waals surface area (Å²) >= 11 is 0. The number of carbonyl (C=O) groups excluding carboxylic acids is 1. The zero-order valence-electron chi connectivity index (χ0n) is 20.1. The second-order valence-corrected chi connectivity index (χ2v) is 9.66. The lowest BCUT2D eigenvalue weighted by Crippen LogP contribution is -2.44. The van der Waals surface area contributed by atoms with Gasteiger partial charge in [0, 0.05) is 12.6 Å². The van der Waals surface area contributed by atoms with E-state index >= 15 is 0 Å². The Morgan fingerprint density at radius 3 is 1.80 bits per heavy atom. The average molecular weight is 471 g/mol. The zero-order valence-corrected chi connectivity index (χ0v) is 20.1. The molecule has 0 unspecified atom stereocenters. The van der Waals surface area contributed by atoms with Gasteiger partial charge in [-0.3, -0.25) is 0 Å². The van der Waals surface area contributed by atoms with Gasteiger partial charge in [-0.1, -0.05) is 110 Å². The van der Waals surface area contributed by atoms with Gasteiger partial charge in [0.2, 0.25) is 0 Å². The zero-order chi connectivity index (χ0) is 24.1. The van der Waals surface area contributed by atoms with Gasteiger partial charge in [0.15, 0.2) is 0 Å². The van der Waals surface area contributed by atoms with E-state index in [2.05, 4.69) is 41.7 Å². The smallest absolute Gasteiger partial charge is 0.318 e. The average Bonchev–Trinajstić information content (AvgIpc) is 3.33. The quantitative estimate of drug-likeness (QED) is 0.451. The number of carbonyl (C=O) groups is 1. The van der Waals surface area contributed by atoms with Crippen LogP contribution < -0.4 is 5.32 Å². The molecule has 5 rings (SSSR count). The number of ether oxygens (including phenoxy) is 1. The Hall–Kier alpha value is -3.15. The molecule has 0 spiro atoms. The summed E-state index contributed by atoms with van der Waals surface area (Å²) in [5.74, 6) is 0. The van der Waals surface area contributed by atoms with E-state index in [1.54, 1.807) is 0 Å². The molecule has 0 bridgehead atoms. The number of rotatable bonds is 8. The Kier molecular flexibility index (Phi) is 7.16. The molecule has 5 nitrogen and oxygen atoms in total. The third-order valence-corrected chi connectivity index (χ3v) is 7.45. The Bertz CT molecular complexity index is 988. The lowest BCUT2D eigenvalue weighted by molar-refractivity contribution is -0.0463. The van der Waals surface area contributed by atoms with E-state index in [0.29, 0.717) is 6.54 Å². The Balaban J connectivity index is 1.42. The molecule has 5 heteroatoms. The van der Waals surface area contributed by atoms with Gasteiger partial charge in [-0.15, -0.1) is 0 Å². The van der Waals surface area contributed by atoms with E-state index in [1.807, 2.05) is 59.5 Å². The van der Waals surface area contributed by atoms with Crippen molar-refractivity contribution in [2.75, 3.05) is 13.2 Å². The molecule has 3 aromatic carbocycles. The first-order valence-corrected chi connectivity index (χ1v) is 12.7. The highest BCUT2D eigenvalue weighted by molar-refractivity contribution is 5.77. The number of amides is 2. The number of urea groups is 1. The van der Waals surface area contributed by atoms with Gasteiger partial charge in [0.1, 0.15) is 5.60 Å². The molecule has 1 heterocycles. The van der Waals surface area contributed by atoms with Crippen LogP contribution in [0.15, 0.2) is 91.0 Å². The van der Waals surface area contributed by atoms with Crippen molar-refractivity contribution < 1.29 is 14.6 Å². The van der Waals surface area contributed by atoms with E-state index in [0.717, 1.165) is 29.5 Å². The molecule has 2 fully saturated rings. The largest absolute Gasteiger partial charge is 0.388 e. The van der Waals surface area contributed by atoms with Crippen LogP contribution in [0.2, 0.25) is 0 Å². The molecule has 182 valence electrons. The van der Waals surface area contributed by atoms with Crippen LogP contribution in [-0.4, -0.2) is 47.4 Å². The molecule has 0 aromatic heterocycles. The molecular weight excluding hydrogens is 436 g/mol. The molecule has 2 N–H and O–H groups in total. The van der Waals surface area contributed by atoms with Crippen molar-refractivity contribution in [1.82, 2.24) is 10.2 Å². The molecule has 2 aliphatic rings. The minimum atomic E-state index is -0.892. The summed E-state index contributed by atoms with van der Waals surface area (Å²) in [6.07, 6.45) is 4.84. The molecule has 1 aliphatic heterocycles. The van der Waals surface area contributed by atoms with Crippen molar-refractivity contribution >= 4 is 6.03 Å². The molecule has 1 saturated heterocycles. The maximum absolute atomic E-state index is 12.7. The van der Waals surface area contributed by atoms with Crippen LogP contribution in [0.1, 0.15) is 48.8 Å². The van der Waals surface area contributed by atoms with E-state index in [-0.39, 0.29) is 24.7 Å². The van der Waals surface area contributed by atoms with Gasteiger partial charge in [-0.25, -0.2) is 4.79 Å². The van der Waals surface area contributed by atoms with Gasteiger partial charge < -0.3 is 20.1 Å². The Morgan fingerprint density at radius 1 is 0.829 bits per heavy atom. The molecule has 1 saturated carbocycles. The summed E-state index contributed by atoms with van der Waals surface area (Å²) < 4.78 is 6.76. The SMILES string of the molecule is O=C1N[C@H]([C@@H](O)COC(c2ccccc2)(c2ccccc2)c2ccccc2)CN1C1CCCCC1. The molecule has 0 radical (unpaired) electrons. The maximum atomic E-state index is 12.7. The lowest BCUT2D eigenvalue weighted by Gasteiger charge is -2.37. The maximum Gasteiger partial charge on any atom is 0.318 e. The van der Waals surface area contributed by atoms with E-state index in [1.165, 1.54) is 19.3 Å². The Morgan fingerprint density at radius 2 is 1.31 bits per heavy atom. The highest BCUT2D eigenvalue weighted by atomic mass is 16.5. The van der Waals surface area contributed by atoms with Crippen molar-refractivity contribution in [2.24, 2.45) is 0 Å². The number of nitrogens with one attached hydrogen (secondary N) is 1. The van der Waals surface area contributed by atoms with Crippen molar-refractivity contribution in [2.45, 2.75) is 55.9 Å². The van der Waals surface area contributed by atoms with Crippen LogP contribution in [0.25, 0.3) is 0 Å². The summed E-state index contributed by atoms with van der Waals surface area (Å²) in [5.41, 5.74) is 2.08. The number of hydrogen-bond acceptors (Lipinski definition) is 3. The van der Waals surface area contributed by atoms with Crippen molar-refractivity contribution in [3.05, 3.63) is 108 Å². The van der Waals surface area contributed by atoms with Crippen molar-refractivity contribution in [1.29, 1.82) is 0 Å². The first-order valence-electron chi connectivity index (χ1n) is 12.7. The van der Waals surface area contributed by atoms with Crippen LogP contribution in [0.4, 0.5) is 4.79 Å². The van der Waals surface area contributed by atoms with Gasteiger partial charge in [0.25, 0.3) is 0 Å².